The van der Waals surface area contributed by atoms with Crippen LogP contribution >= 0.6 is 22.9 Å². The molecule has 0 fully saturated rings. The molecular formula is C16H20ClNS. The summed E-state index contributed by atoms with van der Waals surface area (Å²) in [5, 5.41) is 1.95. The van der Waals surface area contributed by atoms with E-state index in [4.69, 9.17) is 16.6 Å². The fourth-order valence-corrected chi connectivity index (χ4v) is 3.22. The molecule has 19 heavy (non-hydrogen) atoms. The average molecular weight is 294 g/mol. The summed E-state index contributed by atoms with van der Waals surface area (Å²) in [6.45, 7) is 11.1. The van der Waals surface area contributed by atoms with Gasteiger partial charge < -0.3 is 0 Å². The molecule has 2 aromatic rings. The molecule has 1 aromatic heterocycles. The molecule has 1 aromatic carbocycles. The Morgan fingerprint density at radius 2 is 1.89 bits per heavy atom. The Morgan fingerprint density at radius 1 is 1.21 bits per heavy atom. The first-order valence-corrected chi connectivity index (χ1v) is 7.75. The van der Waals surface area contributed by atoms with E-state index < -0.39 is 0 Å². The smallest absolute Gasteiger partial charge is 0.0989 e. The van der Waals surface area contributed by atoms with Crippen molar-refractivity contribution in [2.75, 3.05) is 0 Å². The lowest BCUT2D eigenvalue weighted by Crippen LogP contribution is -2.10. The molecule has 0 spiro atoms. The van der Waals surface area contributed by atoms with Crippen LogP contribution in [-0.4, -0.2) is 4.98 Å². The molecule has 0 aliphatic rings. The minimum Gasteiger partial charge on any atom is -0.240 e. The SMILES string of the molecule is CC(C)c1sc(C(C)(C)C)nc1-c1cccc(Cl)c1. The van der Waals surface area contributed by atoms with Gasteiger partial charge in [0.2, 0.25) is 0 Å². The maximum Gasteiger partial charge on any atom is 0.0989 e. The van der Waals surface area contributed by atoms with Crippen LogP contribution in [0.3, 0.4) is 0 Å². The first-order valence-electron chi connectivity index (χ1n) is 6.56. The maximum absolute atomic E-state index is 6.10. The van der Waals surface area contributed by atoms with Gasteiger partial charge in [0.05, 0.1) is 10.7 Å². The van der Waals surface area contributed by atoms with Gasteiger partial charge in [-0.05, 0) is 18.1 Å². The van der Waals surface area contributed by atoms with Gasteiger partial charge in [-0.2, -0.15) is 0 Å². The van der Waals surface area contributed by atoms with Gasteiger partial charge in [0.15, 0.2) is 0 Å². The lowest BCUT2D eigenvalue weighted by molar-refractivity contribution is 0.586. The van der Waals surface area contributed by atoms with Gasteiger partial charge in [0.1, 0.15) is 0 Å². The summed E-state index contributed by atoms with van der Waals surface area (Å²) in [7, 11) is 0. The molecule has 0 N–H and O–H groups in total. The van der Waals surface area contributed by atoms with Crippen LogP contribution in [-0.2, 0) is 5.41 Å². The predicted molar refractivity (Wildman–Crippen MR) is 85.3 cm³/mol. The number of thiazole rings is 1. The number of benzene rings is 1. The molecule has 2 rings (SSSR count). The van der Waals surface area contributed by atoms with Gasteiger partial charge >= 0.3 is 0 Å². The maximum atomic E-state index is 6.10. The molecule has 0 saturated heterocycles. The number of hydrogen-bond donors (Lipinski definition) is 0. The lowest BCUT2D eigenvalue weighted by atomic mass is 9.98. The lowest BCUT2D eigenvalue weighted by Gasteiger charge is -2.13. The third kappa shape index (κ3) is 3.18. The normalized spacial score (nSPS) is 12.2. The summed E-state index contributed by atoms with van der Waals surface area (Å²) in [6.07, 6.45) is 0. The van der Waals surface area contributed by atoms with E-state index in [1.54, 1.807) is 0 Å². The zero-order valence-corrected chi connectivity index (χ0v) is 13.7. The van der Waals surface area contributed by atoms with Crippen LogP contribution < -0.4 is 0 Å². The Morgan fingerprint density at radius 3 is 2.42 bits per heavy atom. The van der Waals surface area contributed by atoms with Crippen LogP contribution in [0.2, 0.25) is 5.02 Å². The molecule has 1 nitrogen and oxygen atoms in total. The van der Waals surface area contributed by atoms with Gasteiger partial charge in [0, 0.05) is 20.9 Å². The molecule has 0 unspecified atom stereocenters. The monoisotopic (exact) mass is 293 g/mol. The third-order valence-corrected chi connectivity index (χ3v) is 4.93. The Kier molecular flexibility index (Phi) is 4.03. The van der Waals surface area contributed by atoms with Gasteiger partial charge in [0.25, 0.3) is 0 Å². The summed E-state index contributed by atoms with van der Waals surface area (Å²) < 4.78 is 0. The molecule has 0 aliphatic carbocycles. The van der Waals surface area contributed by atoms with E-state index >= 15 is 0 Å². The Hall–Kier alpha value is -0.860. The van der Waals surface area contributed by atoms with Crippen LogP contribution in [0.15, 0.2) is 24.3 Å². The fraction of sp³-hybridized carbons (Fsp3) is 0.438. The highest BCUT2D eigenvalue weighted by molar-refractivity contribution is 7.12. The van der Waals surface area contributed by atoms with Gasteiger partial charge in [-0.25, -0.2) is 4.98 Å². The summed E-state index contributed by atoms with van der Waals surface area (Å²) in [5.74, 6) is 0.475. The molecule has 0 aliphatic heterocycles. The second kappa shape index (κ2) is 5.26. The van der Waals surface area contributed by atoms with E-state index in [1.807, 2.05) is 29.5 Å². The minimum absolute atomic E-state index is 0.0884. The van der Waals surface area contributed by atoms with E-state index in [1.165, 1.54) is 9.88 Å². The van der Waals surface area contributed by atoms with Crippen molar-refractivity contribution in [3.05, 3.63) is 39.2 Å². The molecule has 0 amide bonds. The van der Waals surface area contributed by atoms with E-state index in [2.05, 4.69) is 40.7 Å². The van der Waals surface area contributed by atoms with Gasteiger partial charge in [-0.1, -0.05) is 58.4 Å². The van der Waals surface area contributed by atoms with Crippen molar-refractivity contribution in [1.29, 1.82) is 0 Å². The molecule has 102 valence electrons. The van der Waals surface area contributed by atoms with Crippen molar-refractivity contribution in [2.24, 2.45) is 0 Å². The molecular weight excluding hydrogens is 274 g/mol. The Labute approximate surface area is 124 Å². The molecule has 0 saturated carbocycles. The van der Waals surface area contributed by atoms with Crippen LogP contribution in [0, 0.1) is 0 Å². The topological polar surface area (TPSA) is 12.9 Å². The predicted octanol–water partition coefficient (Wildman–Crippen LogP) is 5.88. The standard InChI is InChI=1S/C16H20ClNS/c1-10(2)14-13(11-7-6-8-12(17)9-11)18-15(19-14)16(3,4)5/h6-10H,1-5H3. The highest BCUT2D eigenvalue weighted by Crippen LogP contribution is 2.38. The van der Waals surface area contributed by atoms with Crippen molar-refractivity contribution in [3.63, 3.8) is 0 Å². The zero-order chi connectivity index (χ0) is 14.2. The minimum atomic E-state index is 0.0884. The van der Waals surface area contributed by atoms with Gasteiger partial charge in [-0.3, -0.25) is 0 Å². The fourth-order valence-electron chi connectivity index (χ4n) is 1.89. The second-order valence-electron chi connectivity index (χ2n) is 6.15. The average Bonchev–Trinajstić information content (AvgIpc) is 2.73. The summed E-state index contributed by atoms with van der Waals surface area (Å²) in [4.78, 5) is 6.21. The quantitative estimate of drug-likeness (QED) is 0.673. The number of hydrogen-bond acceptors (Lipinski definition) is 2. The summed E-state index contributed by atoms with van der Waals surface area (Å²) >= 11 is 7.92. The van der Waals surface area contributed by atoms with Gasteiger partial charge in [-0.15, -0.1) is 11.3 Å². The van der Waals surface area contributed by atoms with Crippen LogP contribution in [0.1, 0.15) is 50.4 Å². The van der Waals surface area contributed by atoms with E-state index in [9.17, 15) is 0 Å². The largest absolute Gasteiger partial charge is 0.240 e. The Balaban J connectivity index is 2.59. The van der Waals surface area contributed by atoms with Crippen LogP contribution in [0.5, 0.6) is 0 Å². The van der Waals surface area contributed by atoms with E-state index in [0.717, 1.165) is 16.3 Å². The number of halogens is 1. The van der Waals surface area contributed by atoms with Crippen molar-refractivity contribution in [1.82, 2.24) is 4.98 Å². The molecule has 0 atom stereocenters. The summed E-state index contributed by atoms with van der Waals surface area (Å²) in [6, 6.07) is 7.96. The molecule has 0 radical (unpaired) electrons. The number of aromatic nitrogens is 1. The third-order valence-electron chi connectivity index (χ3n) is 2.92. The highest BCUT2D eigenvalue weighted by Gasteiger charge is 2.23. The first-order chi connectivity index (χ1) is 8.79. The first kappa shape index (κ1) is 14.5. The van der Waals surface area contributed by atoms with Crippen molar-refractivity contribution in [3.8, 4) is 11.3 Å². The van der Waals surface area contributed by atoms with E-state index in [0.29, 0.717) is 5.92 Å². The zero-order valence-electron chi connectivity index (χ0n) is 12.1. The van der Waals surface area contributed by atoms with Crippen molar-refractivity contribution < 1.29 is 0 Å². The van der Waals surface area contributed by atoms with Crippen molar-refractivity contribution in [2.45, 2.75) is 46.0 Å². The van der Waals surface area contributed by atoms with Crippen molar-refractivity contribution >= 4 is 22.9 Å². The molecule has 3 heteroatoms. The number of nitrogens with zero attached hydrogens (tertiary/aromatic N) is 1. The molecule has 0 bridgehead atoms. The second-order valence-corrected chi connectivity index (χ2v) is 7.61. The highest BCUT2D eigenvalue weighted by atomic mass is 35.5. The number of rotatable bonds is 2. The van der Waals surface area contributed by atoms with Crippen LogP contribution in [0.4, 0.5) is 0 Å². The summed E-state index contributed by atoms with van der Waals surface area (Å²) in [5.41, 5.74) is 2.29. The molecule has 1 heterocycles. The van der Waals surface area contributed by atoms with Crippen LogP contribution in [0.25, 0.3) is 11.3 Å². The van der Waals surface area contributed by atoms with E-state index in [-0.39, 0.29) is 5.41 Å². The Bertz CT molecular complexity index is 579.